The molecular weight excluding hydrogens is 382 g/mol. The molecule has 6 nitrogen and oxygen atoms in total. The van der Waals surface area contributed by atoms with Gasteiger partial charge in [-0.15, -0.1) is 0 Å². The summed E-state index contributed by atoms with van der Waals surface area (Å²) in [6, 6.07) is 5.15. The Balaban J connectivity index is 1.28. The summed E-state index contributed by atoms with van der Waals surface area (Å²) < 4.78 is 16.0. The highest BCUT2D eigenvalue weighted by molar-refractivity contribution is 5.81. The van der Waals surface area contributed by atoms with Crippen molar-refractivity contribution in [3.63, 3.8) is 0 Å². The van der Waals surface area contributed by atoms with E-state index in [-0.39, 0.29) is 29.9 Å². The van der Waals surface area contributed by atoms with Gasteiger partial charge in [0, 0.05) is 5.56 Å². The SMILES string of the molecule is COc1ccc(OC)c([C@H](C)NC(=O)COC(=O)CC23CC4CC(CC(C4)C2)C3)c1. The summed E-state index contributed by atoms with van der Waals surface area (Å²) >= 11 is 0. The predicted molar refractivity (Wildman–Crippen MR) is 112 cm³/mol. The first-order chi connectivity index (χ1) is 14.4. The molecule has 6 heteroatoms. The second kappa shape index (κ2) is 8.48. The highest BCUT2D eigenvalue weighted by atomic mass is 16.5. The lowest BCUT2D eigenvalue weighted by atomic mass is 9.49. The van der Waals surface area contributed by atoms with Crippen LogP contribution in [0.2, 0.25) is 0 Å². The number of amides is 1. The van der Waals surface area contributed by atoms with E-state index in [2.05, 4.69) is 5.32 Å². The van der Waals surface area contributed by atoms with Crippen LogP contribution in [0.5, 0.6) is 11.5 Å². The first-order valence-electron chi connectivity index (χ1n) is 11.1. The third kappa shape index (κ3) is 4.42. The molecule has 0 aliphatic heterocycles. The van der Waals surface area contributed by atoms with E-state index in [1.165, 1.54) is 19.3 Å². The number of ether oxygens (including phenoxy) is 3. The Morgan fingerprint density at radius 1 is 1.07 bits per heavy atom. The monoisotopic (exact) mass is 415 g/mol. The lowest BCUT2D eigenvalue weighted by Gasteiger charge is -2.56. The van der Waals surface area contributed by atoms with E-state index in [0.717, 1.165) is 42.6 Å². The summed E-state index contributed by atoms with van der Waals surface area (Å²) in [4.78, 5) is 24.9. The van der Waals surface area contributed by atoms with Crippen molar-refractivity contribution in [1.29, 1.82) is 0 Å². The molecule has 1 aromatic carbocycles. The van der Waals surface area contributed by atoms with Crippen LogP contribution in [0.4, 0.5) is 0 Å². The minimum absolute atomic E-state index is 0.129. The Kier molecular flexibility index (Phi) is 5.94. The Labute approximate surface area is 178 Å². The fourth-order valence-corrected chi connectivity index (χ4v) is 6.55. The van der Waals surface area contributed by atoms with E-state index in [1.54, 1.807) is 14.2 Å². The van der Waals surface area contributed by atoms with Crippen molar-refractivity contribution >= 4 is 11.9 Å². The van der Waals surface area contributed by atoms with Crippen molar-refractivity contribution in [2.24, 2.45) is 23.2 Å². The zero-order chi connectivity index (χ0) is 21.3. The largest absolute Gasteiger partial charge is 0.497 e. The smallest absolute Gasteiger partial charge is 0.306 e. The van der Waals surface area contributed by atoms with Crippen molar-refractivity contribution in [2.75, 3.05) is 20.8 Å². The minimum atomic E-state index is -0.314. The molecular formula is C24H33NO5. The van der Waals surface area contributed by atoms with Gasteiger partial charge in [-0.2, -0.15) is 0 Å². The van der Waals surface area contributed by atoms with E-state index >= 15 is 0 Å². The minimum Gasteiger partial charge on any atom is -0.497 e. The molecule has 0 radical (unpaired) electrons. The number of rotatable bonds is 8. The van der Waals surface area contributed by atoms with Gasteiger partial charge in [0.25, 0.3) is 5.91 Å². The van der Waals surface area contributed by atoms with Crippen LogP contribution in [-0.4, -0.2) is 32.7 Å². The molecule has 0 heterocycles. The van der Waals surface area contributed by atoms with Gasteiger partial charge in [-0.25, -0.2) is 0 Å². The van der Waals surface area contributed by atoms with E-state index in [9.17, 15) is 9.59 Å². The van der Waals surface area contributed by atoms with Gasteiger partial charge in [0.05, 0.1) is 26.7 Å². The number of carbonyl (C=O) groups excluding carboxylic acids is 2. The standard InChI is InChI=1S/C24H33NO5/c1-15(20-9-19(28-2)4-5-21(20)29-3)25-22(26)14-30-23(27)13-24-10-16-6-17(11-24)8-18(7-16)12-24/h4-5,9,15-18H,6-8,10-14H2,1-3H3,(H,25,26)/t15-,16?,17?,18?,24?/m0/s1. The molecule has 0 aromatic heterocycles. The average molecular weight is 416 g/mol. The van der Waals surface area contributed by atoms with Crippen molar-refractivity contribution in [1.82, 2.24) is 5.32 Å². The van der Waals surface area contributed by atoms with Crippen LogP contribution in [0, 0.1) is 23.2 Å². The van der Waals surface area contributed by atoms with Crippen LogP contribution in [0.25, 0.3) is 0 Å². The number of methoxy groups -OCH3 is 2. The van der Waals surface area contributed by atoms with Gasteiger partial charge in [-0.1, -0.05) is 0 Å². The van der Waals surface area contributed by atoms with E-state index in [0.29, 0.717) is 17.9 Å². The topological polar surface area (TPSA) is 73.9 Å². The summed E-state index contributed by atoms with van der Waals surface area (Å²) in [7, 11) is 3.18. The molecule has 30 heavy (non-hydrogen) atoms. The van der Waals surface area contributed by atoms with Crippen molar-refractivity contribution in [3.8, 4) is 11.5 Å². The molecule has 4 aliphatic carbocycles. The van der Waals surface area contributed by atoms with Crippen LogP contribution in [-0.2, 0) is 14.3 Å². The number of carbonyl (C=O) groups is 2. The van der Waals surface area contributed by atoms with E-state index in [1.807, 2.05) is 25.1 Å². The highest BCUT2D eigenvalue weighted by Crippen LogP contribution is 2.61. The predicted octanol–water partition coefficient (Wildman–Crippen LogP) is 4.03. The van der Waals surface area contributed by atoms with Gasteiger partial charge in [0.2, 0.25) is 0 Å². The van der Waals surface area contributed by atoms with Crippen LogP contribution in [0.1, 0.15) is 63.5 Å². The van der Waals surface area contributed by atoms with Crippen molar-refractivity contribution in [3.05, 3.63) is 23.8 Å². The maximum Gasteiger partial charge on any atom is 0.306 e. The molecule has 4 bridgehead atoms. The summed E-state index contributed by atoms with van der Waals surface area (Å²) in [6.45, 7) is 1.62. The summed E-state index contributed by atoms with van der Waals surface area (Å²) in [5.74, 6) is 3.20. The third-order valence-corrected chi connectivity index (χ3v) is 7.33. The quantitative estimate of drug-likeness (QED) is 0.649. The van der Waals surface area contributed by atoms with Gasteiger partial charge in [0.15, 0.2) is 6.61 Å². The first-order valence-corrected chi connectivity index (χ1v) is 11.1. The number of nitrogens with one attached hydrogen (secondary N) is 1. The zero-order valence-electron chi connectivity index (χ0n) is 18.2. The molecule has 4 saturated carbocycles. The molecule has 1 aromatic rings. The molecule has 4 aliphatic rings. The first kappa shape index (κ1) is 21.0. The van der Waals surface area contributed by atoms with Gasteiger partial charge < -0.3 is 19.5 Å². The Morgan fingerprint density at radius 2 is 1.70 bits per heavy atom. The maximum atomic E-state index is 12.5. The van der Waals surface area contributed by atoms with Crippen LogP contribution < -0.4 is 14.8 Å². The number of hydrogen-bond acceptors (Lipinski definition) is 5. The number of hydrogen-bond donors (Lipinski definition) is 1. The Bertz CT molecular complexity index is 770. The summed E-state index contributed by atoms with van der Waals surface area (Å²) in [6.07, 6.45) is 7.99. The lowest BCUT2D eigenvalue weighted by Crippen LogP contribution is -2.47. The van der Waals surface area contributed by atoms with Crippen LogP contribution in [0.15, 0.2) is 18.2 Å². The average Bonchev–Trinajstić information content (AvgIpc) is 2.70. The second-order valence-corrected chi connectivity index (χ2v) is 9.65. The van der Waals surface area contributed by atoms with Crippen molar-refractivity contribution < 1.29 is 23.8 Å². The molecule has 164 valence electrons. The fraction of sp³-hybridized carbons (Fsp3) is 0.667. The molecule has 5 rings (SSSR count). The van der Waals surface area contributed by atoms with Crippen molar-refractivity contribution in [2.45, 2.75) is 57.9 Å². The summed E-state index contributed by atoms with van der Waals surface area (Å²) in [5, 5.41) is 2.89. The molecule has 1 atom stereocenters. The number of benzene rings is 1. The maximum absolute atomic E-state index is 12.5. The highest BCUT2D eigenvalue weighted by Gasteiger charge is 2.51. The zero-order valence-corrected chi connectivity index (χ0v) is 18.2. The third-order valence-electron chi connectivity index (χ3n) is 7.33. The van der Waals surface area contributed by atoms with Gasteiger partial charge in [-0.05, 0) is 86.8 Å². The van der Waals surface area contributed by atoms with E-state index in [4.69, 9.17) is 14.2 Å². The Morgan fingerprint density at radius 3 is 2.27 bits per heavy atom. The number of esters is 1. The fourth-order valence-electron chi connectivity index (χ4n) is 6.55. The molecule has 1 amide bonds. The molecule has 0 spiro atoms. The Hall–Kier alpha value is -2.24. The molecule has 0 saturated heterocycles. The van der Waals surface area contributed by atoms with Gasteiger partial charge in [0.1, 0.15) is 11.5 Å². The second-order valence-electron chi connectivity index (χ2n) is 9.65. The molecule has 1 N–H and O–H groups in total. The van der Waals surface area contributed by atoms with Gasteiger partial charge >= 0.3 is 5.97 Å². The van der Waals surface area contributed by atoms with Crippen LogP contribution >= 0.6 is 0 Å². The molecule has 4 fully saturated rings. The van der Waals surface area contributed by atoms with Gasteiger partial charge in [-0.3, -0.25) is 9.59 Å². The van der Waals surface area contributed by atoms with Crippen LogP contribution in [0.3, 0.4) is 0 Å². The normalized spacial score (nSPS) is 29.9. The molecule has 0 unspecified atom stereocenters. The van der Waals surface area contributed by atoms with E-state index < -0.39 is 0 Å². The lowest BCUT2D eigenvalue weighted by molar-refractivity contribution is -0.155. The summed E-state index contributed by atoms with van der Waals surface area (Å²) in [5.41, 5.74) is 0.939.